The number of hydrogen-bond acceptors (Lipinski definition) is 3. The minimum Gasteiger partial charge on any atom is -0.467 e. The summed E-state index contributed by atoms with van der Waals surface area (Å²) in [6.45, 7) is -0.0620. The average Bonchev–Trinajstić information content (AvgIpc) is 2.80. The highest BCUT2D eigenvalue weighted by Crippen LogP contribution is 2.23. The predicted octanol–water partition coefficient (Wildman–Crippen LogP) is 1.41. The molecule has 0 spiro atoms. The van der Waals surface area contributed by atoms with Crippen LogP contribution in [0, 0.1) is 0 Å². The molecule has 0 saturated carbocycles. The number of halogens is 1. The van der Waals surface area contributed by atoms with Crippen molar-refractivity contribution in [3.8, 4) is 0 Å². The van der Waals surface area contributed by atoms with Crippen LogP contribution in [-0.4, -0.2) is 42.6 Å². The Morgan fingerprint density at radius 1 is 1.33 bits per heavy atom. The van der Waals surface area contributed by atoms with Gasteiger partial charge in [-0.2, -0.15) is 0 Å². The standard InChI is InChI=1S/C13H14FNO3/c1-18-13(17)11-7-10(14)8-15(11)12(16)9-5-3-2-4-6-9/h2-6,10-11H,7-8H2,1H3/t10-,11-/m0/s1. The Morgan fingerprint density at radius 3 is 2.61 bits per heavy atom. The molecule has 1 amide bonds. The first-order chi connectivity index (χ1) is 8.63. The van der Waals surface area contributed by atoms with Gasteiger partial charge in [0.05, 0.1) is 13.7 Å². The largest absolute Gasteiger partial charge is 0.467 e. The molecule has 0 N–H and O–H groups in total. The van der Waals surface area contributed by atoms with Crippen LogP contribution >= 0.6 is 0 Å². The zero-order chi connectivity index (χ0) is 13.1. The summed E-state index contributed by atoms with van der Waals surface area (Å²) in [5.74, 6) is -0.911. The summed E-state index contributed by atoms with van der Waals surface area (Å²) >= 11 is 0. The van der Waals surface area contributed by atoms with Gasteiger partial charge in [-0.3, -0.25) is 4.79 Å². The van der Waals surface area contributed by atoms with Crippen molar-refractivity contribution < 1.29 is 18.7 Å². The molecule has 5 heteroatoms. The average molecular weight is 251 g/mol. The number of ether oxygens (including phenoxy) is 1. The van der Waals surface area contributed by atoms with E-state index in [1.54, 1.807) is 30.3 Å². The Hall–Kier alpha value is -1.91. The number of carbonyl (C=O) groups is 2. The highest BCUT2D eigenvalue weighted by Gasteiger charge is 2.40. The topological polar surface area (TPSA) is 46.6 Å². The number of rotatable bonds is 2. The molecule has 2 rings (SSSR count). The van der Waals surface area contributed by atoms with Crippen molar-refractivity contribution in [1.29, 1.82) is 0 Å². The van der Waals surface area contributed by atoms with Gasteiger partial charge in [-0.25, -0.2) is 9.18 Å². The van der Waals surface area contributed by atoms with Crippen LogP contribution in [0.2, 0.25) is 0 Å². The van der Waals surface area contributed by atoms with Gasteiger partial charge in [0.15, 0.2) is 0 Å². The third-order valence-corrected chi connectivity index (χ3v) is 3.00. The van der Waals surface area contributed by atoms with E-state index in [1.807, 2.05) is 0 Å². The van der Waals surface area contributed by atoms with Crippen LogP contribution in [0.25, 0.3) is 0 Å². The number of benzene rings is 1. The normalized spacial score (nSPS) is 22.9. The van der Waals surface area contributed by atoms with Crippen molar-refractivity contribution in [3.05, 3.63) is 35.9 Å². The Balaban J connectivity index is 2.21. The molecule has 1 heterocycles. The first kappa shape index (κ1) is 12.5. The molecule has 1 aromatic carbocycles. The Bertz CT molecular complexity index is 449. The maximum Gasteiger partial charge on any atom is 0.328 e. The molecule has 0 bridgehead atoms. The quantitative estimate of drug-likeness (QED) is 0.747. The smallest absolute Gasteiger partial charge is 0.328 e. The van der Waals surface area contributed by atoms with Crippen LogP contribution in [0.3, 0.4) is 0 Å². The fourth-order valence-corrected chi connectivity index (χ4v) is 2.12. The molecule has 4 nitrogen and oxygen atoms in total. The SMILES string of the molecule is COC(=O)[C@@H]1C[C@H](F)CN1C(=O)c1ccccc1. The summed E-state index contributed by atoms with van der Waals surface area (Å²) in [6.07, 6.45) is -1.17. The fourth-order valence-electron chi connectivity index (χ4n) is 2.12. The number of carbonyl (C=O) groups excluding carboxylic acids is 2. The molecule has 96 valence electrons. The molecule has 1 fully saturated rings. The van der Waals surface area contributed by atoms with Crippen LogP contribution < -0.4 is 0 Å². The number of esters is 1. The third-order valence-electron chi connectivity index (χ3n) is 3.00. The zero-order valence-electron chi connectivity index (χ0n) is 10.0. The first-order valence-electron chi connectivity index (χ1n) is 5.71. The highest BCUT2D eigenvalue weighted by molar-refractivity contribution is 5.97. The van der Waals surface area contributed by atoms with Crippen molar-refractivity contribution in [3.63, 3.8) is 0 Å². The van der Waals surface area contributed by atoms with Crippen molar-refractivity contribution in [2.45, 2.75) is 18.6 Å². The summed E-state index contributed by atoms with van der Waals surface area (Å²) in [4.78, 5) is 24.9. The van der Waals surface area contributed by atoms with Gasteiger partial charge in [0.25, 0.3) is 5.91 Å². The van der Waals surface area contributed by atoms with Crippen molar-refractivity contribution >= 4 is 11.9 Å². The maximum absolute atomic E-state index is 13.4. The van der Waals surface area contributed by atoms with E-state index in [2.05, 4.69) is 4.74 Å². The van der Waals surface area contributed by atoms with E-state index < -0.39 is 18.2 Å². The summed E-state index contributed by atoms with van der Waals surface area (Å²) < 4.78 is 18.0. The third kappa shape index (κ3) is 2.34. The van der Waals surface area contributed by atoms with Crippen molar-refractivity contribution in [1.82, 2.24) is 4.90 Å². The van der Waals surface area contributed by atoms with Crippen molar-refractivity contribution in [2.24, 2.45) is 0 Å². The molecule has 0 aliphatic carbocycles. The fraction of sp³-hybridized carbons (Fsp3) is 0.385. The van der Waals surface area contributed by atoms with Crippen LogP contribution in [0.4, 0.5) is 4.39 Å². The van der Waals surface area contributed by atoms with Crippen LogP contribution in [0.1, 0.15) is 16.8 Å². The lowest BCUT2D eigenvalue weighted by Crippen LogP contribution is -2.41. The molecule has 0 aromatic heterocycles. The first-order valence-corrected chi connectivity index (χ1v) is 5.71. The van der Waals surface area contributed by atoms with Gasteiger partial charge in [0, 0.05) is 12.0 Å². The van der Waals surface area contributed by atoms with Crippen LogP contribution in [0.15, 0.2) is 30.3 Å². The van der Waals surface area contributed by atoms with E-state index in [0.29, 0.717) is 5.56 Å². The number of alkyl halides is 1. The number of hydrogen-bond donors (Lipinski definition) is 0. The van der Waals surface area contributed by atoms with Gasteiger partial charge in [-0.1, -0.05) is 18.2 Å². The van der Waals surface area contributed by atoms with Gasteiger partial charge in [0.2, 0.25) is 0 Å². The molecular formula is C13H14FNO3. The van der Waals surface area contributed by atoms with Gasteiger partial charge in [0.1, 0.15) is 12.2 Å². The van der Waals surface area contributed by atoms with E-state index in [9.17, 15) is 14.0 Å². The van der Waals surface area contributed by atoms with E-state index in [4.69, 9.17) is 0 Å². The predicted molar refractivity (Wildman–Crippen MR) is 62.8 cm³/mol. The van der Waals surface area contributed by atoms with Gasteiger partial charge in [-0.05, 0) is 12.1 Å². The maximum atomic E-state index is 13.4. The van der Waals surface area contributed by atoms with E-state index >= 15 is 0 Å². The summed E-state index contributed by atoms with van der Waals surface area (Å²) in [5.41, 5.74) is 0.445. The molecule has 2 atom stereocenters. The van der Waals surface area contributed by atoms with Crippen LogP contribution in [0.5, 0.6) is 0 Å². The van der Waals surface area contributed by atoms with E-state index in [1.165, 1.54) is 12.0 Å². The van der Waals surface area contributed by atoms with Crippen molar-refractivity contribution in [2.75, 3.05) is 13.7 Å². The number of amides is 1. The van der Waals surface area contributed by atoms with E-state index in [-0.39, 0.29) is 18.9 Å². The lowest BCUT2D eigenvalue weighted by molar-refractivity contribution is -0.145. The second-order valence-electron chi connectivity index (χ2n) is 4.20. The van der Waals surface area contributed by atoms with Gasteiger partial charge >= 0.3 is 5.97 Å². The lowest BCUT2D eigenvalue weighted by Gasteiger charge is -2.22. The lowest BCUT2D eigenvalue weighted by atomic mass is 10.1. The van der Waals surface area contributed by atoms with Gasteiger partial charge < -0.3 is 9.64 Å². The molecule has 1 aliphatic rings. The molecule has 18 heavy (non-hydrogen) atoms. The molecule has 1 aliphatic heterocycles. The van der Waals surface area contributed by atoms with Gasteiger partial charge in [-0.15, -0.1) is 0 Å². The number of nitrogens with zero attached hydrogens (tertiary/aromatic N) is 1. The molecule has 1 aromatic rings. The number of likely N-dealkylation sites (tertiary alicyclic amines) is 1. The minimum absolute atomic E-state index is 0.00521. The Kier molecular flexibility index (Phi) is 3.60. The van der Waals surface area contributed by atoms with Crippen LogP contribution in [-0.2, 0) is 9.53 Å². The summed E-state index contributed by atoms with van der Waals surface area (Å²) in [5, 5.41) is 0. The molecule has 0 unspecified atom stereocenters. The summed E-state index contributed by atoms with van der Waals surface area (Å²) in [7, 11) is 1.24. The second-order valence-corrected chi connectivity index (χ2v) is 4.20. The van der Waals surface area contributed by atoms with E-state index in [0.717, 1.165) is 0 Å². The monoisotopic (exact) mass is 251 g/mol. The minimum atomic E-state index is -1.18. The molecule has 0 radical (unpaired) electrons. The second kappa shape index (κ2) is 5.16. The Morgan fingerprint density at radius 2 is 2.00 bits per heavy atom. The zero-order valence-corrected chi connectivity index (χ0v) is 10.0. The molecule has 1 saturated heterocycles. The number of methoxy groups -OCH3 is 1. The Labute approximate surface area is 104 Å². The highest BCUT2D eigenvalue weighted by atomic mass is 19.1. The molecular weight excluding hydrogens is 237 g/mol. The summed E-state index contributed by atoms with van der Waals surface area (Å²) in [6, 6.07) is 7.70.